The summed E-state index contributed by atoms with van der Waals surface area (Å²) >= 11 is 6.01. The molecule has 3 N–H and O–H groups in total. The number of hydrogen-bond donors (Lipinski definition) is 2. The van der Waals surface area contributed by atoms with Crippen molar-refractivity contribution in [2.24, 2.45) is 0 Å². The van der Waals surface area contributed by atoms with Gasteiger partial charge in [-0.05, 0) is 38.5 Å². The summed E-state index contributed by atoms with van der Waals surface area (Å²) in [5.74, 6) is 0.939. The van der Waals surface area contributed by atoms with Crippen LogP contribution in [0.4, 0.5) is 11.5 Å². The monoisotopic (exact) mass is 306 g/mol. The molecule has 0 aliphatic carbocycles. The van der Waals surface area contributed by atoms with Crippen LogP contribution < -0.4 is 15.8 Å². The number of nitrogens with one attached hydrogen (secondary N) is 1. The predicted octanol–water partition coefficient (Wildman–Crippen LogP) is 3.67. The largest absolute Gasteiger partial charge is 0.473 e. The fraction of sp³-hybridized carbons (Fsp3) is 0.333. The molecule has 2 aromatic rings. The first-order chi connectivity index (χ1) is 9.97. The summed E-state index contributed by atoms with van der Waals surface area (Å²) in [6, 6.07) is 7.65. The van der Waals surface area contributed by atoms with Crippen LogP contribution in [0.1, 0.15) is 32.4 Å². The molecule has 0 amide bonds. The summed E-state index contributed by atoms with van der Waals surface area (Å²) in [5, 5.41) is 3.95. The van der Waals surface area contributed by atoms with Gasteiger partial charge in [0.25, 0.3) is 0 Å². The van der Waals surface area contributed by atoms with Crippen LogP contribution in [0.2, 0.25) is 5.02 Å². The van der Waals surface area contributed by atoms with Crippen LogP contribution in [0.15, 0.2) is 30.6 Å². The van der Waals surface area contributed by atoms with Crippen LogP contribution in [-0.2, 0) is 0 Å². The van der Waals surface area contributed by atoms with Gasteiger partial charge in [0.2, 0.25) is 5.88 Å². The van der Waals surface area contributed by atoms with E-state index >= 15 is 0 Å². The van der Waals surface area contributed by atoms with E-state index in [0.717, 1.165) is 5.56 Å². The molecule has 6 heteroatoms. The third-order valence-corrected chi connectivity index (χ3v) is 3.13. The van der Waals surface area contributed by atoms with Gasteiger partial charge in [-0.3, -0.25) is 0 Å². The lowest BCUT2D eigenvalue weighted by Crippen LogP contribution is -2.13. The second-order valence-electron chi connectivity index (χ2n) is 5.03. The molecule has 1 unspecified atom stereocenters. The minimum absolute atomic E-state index is 0.000374. The Bertz CT molecular complexity index is 618. The van der Waals surface area contributed by atoms with Gasteiger partial charge < -0.3 is 15.8 Å². The standard InChI is InChI=1S/C15H19ClN4O/c1-9(2)21-15-13(17)14(18-8-19-15)20-10(3)11-5-4-6-12(16)7-11/h4-10H,17H2,1-3H3,(H,18,19,20). The summed E-state index contributed by atoms with van der Waals surface area (Å²) in [6.07, 6.45) is 1.43. The van der Waals surface area contributed by atoms with Gasteiger partial charge in [0.05, 0.1) is 12.1 Å². The van der Waals surface area contributed by atoms with Crippen molar-refractivity contribution in [3.8, 4) is 5.88 Å². The van der Waals surface area contributed by atoms with Crippen molar-refractivity contribution in [1.29, 1.82) is 0 Å². The number of aromatic nitrogens is 2. The van der Waals surface area contributed by atoms with E-state index in [0.29, 0.717) is 22.4 Å². The number of hydrogen-bond acceptors (Lipinski definition) is 5. The molecule has 0 spiro atoms. The third-order valence-electron chi connectivity index (χ3n) is 2.90. The van der Waals surface area contributed by atoms with Crippen LogP contribution in [0, 0.1) is 0 Å². The van der Waals surface area contributed by atoms with Gasteiger partial charge in [-0.1, -0.05) is 23.7 Å². The highest BCUT2D eigenvalue weighted by molar-refractivity contribution is 6.30. The van der Waals surface area contributed by atoms with E-state index in [-0.39, 0.29) is 12.1 Å². The normalized spacial score (nSPS) is 12.2. The second-order valence-corrected chi connectivity index (χ2v) is 5.47. The molecule has 0 radical (unpaired) electrons. The molecule has 0 saturated carbocycles. The zero-order valence-electron chi connectivity index (χ0n) is 12.3. The quantitative estimate of drug-likeness (QED) is 0.881. The fourth-order valence-corrected chi connectivity index (χ4v) is 2.07. The molecule has 21 heavy (non-hydrogen) atoms. The number of nitrogens with zero attached hydrogens (tertiary/aromatic N) is 2. The van der Waals surface area contributed by atoms with Crippen LogP contribution in [-0.4, -0.2) is 16.1 Å². The number of nitrogens with two attached hydrogens (primary N) is 1. The lowest BCUT2D eigenvalue weighted by atomic mass is 10.1. The molecule has 5 nitrogen and oxygen atoms in total. The first-order valence-corrected chi connectivity index (χ1v) is 7.14. The average Bonchev–Trinajstić information content (AvgIpc) is 2.42. The van der Waals surface area contributed by atoms with Gasteiger partial charge in [0.1, 0.15) is 12.0 Å². The molecular weight excluding hydrogens is 288 g/mol. The number of benzene rings is 1. The highest BCUT2D eigenvalue weighted by atomic mass is 35.5. The van der Waals surface area contributed by atoms with Crippen LogP contribution >= 0.6 is 11.6 Å². The maximum Gasteiger partial charge on any atom is 0.242 e. The zero-order valence-corrected chi connectivity index (χ0v) is 13.1. The molecule has 1 aromatic carbocycles. The lowest BCUT2D eigenvalue weighted by Gasteiger charge is -2.18. The fourth-order valence-electron chi connectivity index (χ4n) is 1.88. The molecule has 0 fully saturated rings. The SMILES string of the molecule is CC(C)Oc1ncnc(NC(C)c2cccc(Cl)c2)c1N. The molecule has 0 saturated heterocycles. The first-order valence-electron chi connectivity index (χ1n) is 6.76. The summed E-state index contributed by atoms with van der Waals surface area (Å²) in [4.78, 5) is 8.23. The molecule has 1 heterocycles. The van der Waals surface area contributed by atoms with Crippen LogP contribution in [0.25, 0.3) is 0 Å². The second kappa shape index (κ2) is 6.63. The summed E-state index contributed by atoms with van der Waals surface area (Å²) in [6.45, 7) is 5.85. The van der Waals surface area contributed by atoms with Crippen molar-refractivity contribution in [1.82, 2.24) is 9.97 Å². The number of nitrogen functional groups attached to an aromatic ring is 1. The third kappa shape index (κ3) is 3.98. The Labute approximate surface area is 129 Å². The molecule has 1 aromatic heterocycles. The summed E-state index contributed by atoms with van der Waals surface area (Å²) in [5.41, 5.74) is 7.50. The van der Waals surface area contributed by atoms with Crippen molar-refractivity contribution in [2.75, 3.05) is 11.1 Å². The van der Waals surface area contributed by atoms with Crippen LogP contribution in [0.3, 0.4) is 0 Å². The zero-order chi connectivity index (χ0) is 15.4. The Morgan fingerprint density at radius 2 is 2.00 bits per heavy atom. The number of anilines is 2. The van der Waals surface area contributed by atoms with E-state index in [1.54, 1.807) is 0 Å². The Balaban J connectivity index is 2.19. The van der Waals surface area contributed by atoms with Gasteiger partial charge >= 0.3 is 0 Å². The van der Waals surface area contributed by atoms with E-state index in [1.165, 1.54) is 6.33 Å². The average molecular weight is 307 g/mol. The van der Waals surface area contributed by atoms with Gasteiger partial charge in [0, 0.05) is 5.02 Å². The van der Waals surface area contributed by atoms with Crippen molar-refractivity contribution in [3.05, 3.63) is 41.2 Å². The van der Waals surface area contributed by atoms with E-state index < -0.39 is 0 Å². The van der Waals surface area contributed by atoms with E-state index in [1.807, 2.05) is 45.0 Å². The van der Waals surface area contributed by atoms with Crippen LogP contribution in [0.5, 0.6) is 5.88 Å². The minimum Gasteiger partial charge on any atom is -0.473 e. The molecule has 0 bridgehead atoms. The number of rotatable bonds is 5. The molecule has 112 valence electrons. The van der Waals surface area contributed by atoms with Crippen molar-refractivity contribution in [2.45, 2.75) is 32.9 Å². The topological polar surface area (TPSA) is 73.1 Å². The molecule has 0 aliphatic heterocycles. The van der Waals surface area contributed by atoms with Gasteiger partial charge in [-0.2, -0.15) is 4.98 Å². The smallest absolute Gasteiger partial charge is 0.242 e. The van der Waals surface area contributed by atoms with Crippen molar-refractivity contribution >= 4 is 23.1 Å². The van der Waals surface area contributed by atoms with E-state index in [9.17, 15) is 0 Å². The van der Waals surface area contributed by atoms with Gasteiger partial charge in [-0.15, -0.1) is 0 Å². The molecular formula is C15H19ClN4O. The maximum absolute atomic E-state index is 6.05. The predicted molar refractivity (Wildman–Crippen MR) is 85.7 cm³/mol. The Morgan fingerprint density at radius 3 is 2.67 bits per heavy atom. The lowest BCUT2D eigenvalue weighted by molar-refractivity contribution is 0.234. The number of ether oxygens (including phenoxy) is 1. The highest BCUT2D eigenvalue weighted by Gasteiger charge is 2.13. The van der Waals surface area contributed by atoms with Crippen molar-refractivity contribution < 1.29 is 4.74 Å². The van der Waals surface area contributed by atoms with E-state index in [2.05, 4.69) is 15.3 Å². The molecule has 0 aliphatic rings. The highest BCUT2D eigenvalue weighted by Crippen LogP contribution is 2.29. The first kappa shape index (κ1) is 15.4. The van der Waals surface area contributed by atoms with Crippen molar-refractivity contribution in [3.63, 3.8) is 0 Å². The number of halogens is 1. The Hall–Kier alpha value is -2.01. The Morgan fingerprint density at radius 1 is 1.24 bits per heavy atom. The maximum atomic E-state index is 6.05. The summed E-state index contributed by atoms with van der Waals surface area (Å²) < 4.78 is 5.55. The Kier molecular flexibility index (Phi) is 4.85. The molecule has 1 atom stereocenters. The molecule has 2 rings (SSSR count). The van der Waals surface area contributed by atoms with Gasteiger partial charge in [0.15, 0.2) is 5.82 Å². The minimum atomic E-state index is 0.000374. The summed E-state index contributed by atoms with van der Waals surface area (Å²) in [7, 11) is 0. The van der Waals surface area contributed by atoms with Gasteiger partial charge in [-0.25, -0.2) is 4.98 Å². The van der Waals surface area contributed by atoms with E-state index in [4.69, 9.17) is 22.1 Å².